The summed E-state index contributed by atoms with van der Waals surface area (Å²) in [6.07, 6.45) is 5.33. The van der Waals surface area contributed by atoms with Crippen LogP contribution in [-0.2, 0) is 6.61 Å². The van der Waals surface area contributed by atoms with Gasteiger partial charge in [0, 0.05) is 11.8 Å². The van der Waals surface area contributed by atoms with E-state index in [1.54, 1.807) is 21.8 Å². The molecule has 8 heteroatoms. The second kappa shape index (κ2) is 8.24. The van der Waals surface area contributed by atoms with Gasteiger partial charge in [0.1, 0.15) is 12.4 Å². The Morgan fingerprint density at radius 2 is 1.90 bits per heavy atom. The van der Waals surface area contributed by atoms with Crippen molar-refractivity contribution in [2.24, 2.45) is 5.10 Å². The summed E-state index contributed by atoms with van der Waals surface area (Å²) < 4.78 is 9.63. The van der Waals surface area contributed by atoms with E-state index in [0.29, 0.717) is 10.6 Å². The molecule has 0 atom stereocenters. The Balaban J connectivity index is 1.50. The van der Waals surface area contributed by atoms with Crippen LogP contribution in [0, 0.1) is 18.6 Å². The summed E-state index contributed by atoms with van der Waals surface area (Å²) in [5.41, 5.74) is 4.12. The molecule has 146 valence electrons. The van der Waals surface area contributed by atoms with Gasteiger partial charge in [0.2, 0.25) is 4.77 Å². The van der Waals surface area contributed by atoms with Gasteiger partial charge < -0.3 is 4.74 Å². The van der Waals surface area contributed by atoms with Crippen LogP contribution in [0.1, 0.15) is 22.5 Å². The van der Waals surface area contributed by atoms with E-state index in [2.05, 4.69) is 26.5 Å². The van der Waals surface area contributed by atoms with Crippen molar-refractivity contribution in [3.05, 3.63) is 88.2 Å². The van der Waals surface area contributed by atoms with E-state index in [0.717, 1.165) is 28.1 Å². The average molecular weight is 404 g/mol. The van der Waals surface area contributed by atoms with Crippen molar-refractivity contribution in [3.63, 3.8) is 0 Å². The highest BCUT2D eigenvalue weighted by Crippen LogP contribution is 2.17. The zero-order valence-electron chi connectivity index (χ0n) is 16.1. The molecule has 0 aliphatic rings. The molecule has 0 radical (unpaired) electrons. The smallest absolute Gasteiger partial charge is 0.216 e. The molecule has 2 heterocycles. The fraction of sp³-hybridized carbons (Fsp3) is 0.143. The lowest BCUT2D eigenvalue weighted by Gasteiger charge is -2.07. The van der Waals surface area contributed by atoms with Crippen molar-refractivity contribution in [1.29, 1.82) is 0 Å². The van der Waals surface area contributed by atoms with Gasteiger partial charge in [0.25, 0.3) is 0 Å². The Hall–Kier alpha value is -3.52. The van der Waals surface area contributed by atoms with Crippen LogP contribution >= 0.6 is 12.2 Å². The first kappa shape index (κ1) is 18.8. The summed E-state index contributed by atoms with van der Waals surface area (Å²) in [4.78, 5) is 0. The zero-order valence-corrected chi connectivity index (χ0v) is 16.9. The fourth-order valence-corrected chi connectivity index (χ4v) is 3.15. The molecule has 0 fully saturated rings. The van der Waals surface area contributed by atoms with Gasteiger partial charge in [0.05, 0.1) is 18.1 Å². The highest BCUT2D eigenvalue weighted by Gasteiger charge is 2.07. The number of hydrogen-bond donors (Lipinski definition) is 1. The van der Waals surface area contributed by atoms with E-state index in [-0.39, 0.29) is 6.61 Å². The van der Waals surface area contributed by atoms with Gasteiger partial charge in [-0.3, -0.25) is 0 Å². The van der Waals surface area contributed by atoms with Crippen molar-refractivity contribution in [3.8, 4) is 11.4 Å². The number of benzene rings is 2. The molecule has 2 aromatic heterocycles. The van der Waals surface area contributed by atoms with Crippen LogP contribution in [-0.4, -0.2) is 30.9 Å². The zero-order chi connectivity index (χ0) is 20.2. The van der Waals surface area contributed by atoms with Gasteiger partial charge in [-0.25, -0.2) is 9.78 Å². The summed E-state index contributed by atoms with van der Waals surface area (Å²) in [6, 6.07) is 16.0. The number of aromatic nitrogens is 5. The minimum atomic E-state index is 0.247. The molecule has 4 aromatic rings. The predicted molar refractivity (Wildman–Crippen MR) is 114 cm³/mol. The van der Waals surface area contributed by atoms with Crippen LogP contribution in [0.2, 0.25) is 0 Å². The number of aryl methyl sites for hydroxylation is 2. The maximum Gasteiger partial charge on any atom is 0.216 e. The highest BCUT2D eigenvalue weighted by atomic mass is 32.1. The molecular formula is C21H20N6OS. The predicted octanol–water partition coefficient (Wildman–Crippen LogP) is 4.20. The summed E-state index contributed by atoms with van der Waals surface area (Å²) in [7, 11) is 0. The van der Waals surface area contributed by atoms with Crippen LogP contribution in [0.5, 0.6) is 5.75 Å². The van der Waals surface area contributed by atoms with Gasteiger partial charge in [0.15, 0.2) is 5.82 Å². The monoisotopic (exact) mass is 404 g/mol. The van der Waals surface area contributed by atoms with Gasteiger partial charge in [-0.15, -0.1) is 0 Å². The van der Waals surface area contributed by atoms with Crippen LogP contribution in [0.25, 0.3) is 5.69 Å². The lowest BCUT2D eigenvalue weighted by Crippen LogP contribution is -2.04. The molecule has 2 aromatic carbocycles. The van der Waals surface area contributed by atoms with Crippen molar-refractivity contribution in [2.45, 2.75) is 20.5 Å². The van der Waals surface area contributed by atoms with Crippen molar-refractivity contribution >= 4 is 18.4 Å². The summed E-state index contributed by atoms with van der Waals surface area (Å²) in [5.74, 6) is 1.37. The molecular weight excluding hydrogens is 384 g/mol. The second-order valence-corrected chi connectivity index (χ2v) is 7.05. The molecule has 0 aliphatic carbocycles. The largest absolute Gasteiger partial charge is 0.486 e. The van der Waals surface area contributed by atoms with E-state index in [4.69, 9.17) is 17.0 Å². The average Bonchev–Trinajstić information content (AvgIpc) is 3.31. The molecule has 0 bridgehead atoms. The number of nitrogens with zero attached hydrogens (tertiary/aromatic N) is 5. The number of nitrogens with one attached hydrogen (secondary N) is 1. The molecule has 0 saturated carbocycles. The summed E-state index contributed by atoms with van der Waals surface area (Å²) in [5, 5.41) is 15.8. The lowest BCUT2D eigenvalue weighted by atomic mass is 10.1. The van der Waals surface area contributed by atoms with Gasteiger partial charge in [-0.1, -0.05) is 24.3 Å². The Kier molecular flexibility index (Phi) is 5.35. The maximum atomic E-state index is 5.88. The standard InChI is InChI=1S/C21H20N6OS/c1-15-8-16(2)10-19(9-15)28-14-20-24-25-21(29)27(20)23-12-17-11-22-26(13-17)18-6-4-3-5-7-18/h3-13H,14H2,1-2H3,(H,25,29)/b23-12-. The van der Waals surface area contributed by atoms with Crippen LogP contribution in [0.3, 0.4) is 0 Å². The van der Waals surface area contributed by atoms with Gasteiger partial charge in [-0.2, -0.15) is 20.0 Å². The first-order valence-electron chi connectivity index (χ1n) is 9.10. The Morgan fingerprint density at radius 3 is 2.66 bits per heavy atom. The third-order valence-electron chi connectivity index (χ3n) is 4.23. The Bertz CT molecular complexity index is 1190. The second-order valence-electron chi connectivity index (χ2n) is 6.67. The van der Waals surface area contributed by atoms with Crippen molar-refractivity contribution in [1.82, 2.24) is 24.7 Å². The van der Waals surface area contributed by atoms with E-state index < -0.39 is 0 Å². The molecule has 0 unspecified atom stereocenters. The molecule has 0 spiro atoms. The van der Waals surface area contributed by atoms with Crippen LogP contribution in [0.15, 0.2) is 66.0 Å². The van der Waals surface area contributed by atoms with E-state index >= 15 is 0 Å². The number of aromatic amines is 1. The highest BCUT2D eigenvalue weighted by molar-refractivity contribution is 7.71. The third-order valence-corrected chi connectivity index (χ3v) is 4.49. The topological polar surface area (TPSA) is 73.0 Å². The molecule has 4 rings (SSSR count). The number of rotatable bonds is 6. The Morgan fingerprint density at radius 1 is 1.14 bits per heavy atom. The minimum absolute atomic E-state index is 0.247. The lowest BCUT2D eigenvalue weighted by molar-refractivity contribution is 0.290. The van der Waals surface area contributed by atoms with Gasteiger partial charge in [-0.05, 0) is 61.5 Å². The number of para-hydroxylation sites is 1. The number of hydrogen-bond acceptors (Lipinski definition) is 5. The molecule has 0 aliphatic heterocycles. The molecule has 29 heavy (non-hydrogen) atoms. The maximum absolute atomic E-state index is 5.88. The number of H-pyrrole nitrogens is 1. The van der Waals surface area contributed by atoms with Crippen molar-refractivity contribution in [2.75, 3.05) is 0 Å². The minimum Gasteiger partial charge on any atom is -0.486 e. The summed E-state index contributed by atoms with van der Waals surface area (Å²) in [6.45, 7) is 4.32. The van der Waals surface area contributed by atoms with E-state index in [1.165, 1.54) is 0 Å². The van der Waals surface area contributed by atoms with Crippen molar-refractivity contribution < 1.29 is 4.74 Å². The van der Waals surface area contributed by atoms with E-state index in [9.17, 15) is 0 Å². The number of ether oxygens (including phenoxy) is 1. The normalized spacial score (nSPS) is 11.2. The molecule has 1 N–H and O–H groups in total. The van der Waals surface area contributed by atoms with Gasteiger partial charge >= 0.3 is 0 Å². The summed E-state index contributed by atoms with van der Waals surface area (Å²) >= 11 is 5.30. The molecule has 7 nitrogen and oxygen atoms in total. The molecule has 0 saturated heterocycles. The van der Waals surface area contributed by atoms with E-state index in [1.807, 2.05) is 62.5 Å². The third kappa shape index (κ3) is 4.49. The van der Waals surface area contributed by atoms with Crippen LogP contribution in [0.4, 0.5) is 0 Å². The fourth-order valence-electron chi connectivity index (χ4n) is 2.95. The first-order chi connectivity index (χ1) is 14.1. The quantitative estimate of drug-likeness (QED) is 0.386. The molecule has 0 amide bonds. The first-order valence-corrected chi connectivity index (χ1v) is 9.51. The Labute approximate surface area is 173 Å². The van der Waals surface area contributed by atoms with Crippen LogP contribution < -0.4 is 4.74 Å². The SMILES string of the molecule is Cc1cc(C)cc(OCc2n[nH]c(=S)n2/N=C\c2cnn(-c3ccccc3)c2)c1.